The Morgan fingerprint density at radius 3 is 2.53 bits per heavy atom. The quantitative estimate of drug-likeness (QED) is 0.592. The number of hydrogen-bond donors (Lipinski definition) is 3. The van der Waals surface area contributed by atoms with Gasteiger partial charge < -0.3 is 20.9 Å². The number of likely N-dealkylation sites (tertiary alicyclic amines) is 1. The number of nitrogens with one attached hydrogen (secondary N) is 1. The molecule has 32 heavy (non-hydrogen) atoms. The van der Waals surface area contributed by atoms with Crippen LogP contribution in [0.3, 0.4) is 0 Å². The molecule has 1 aromatic carbocycles. The SMILES string of the molecule is CC(C)(C)C1CCN([C@@H]2[C@@H](O)[C@H](Oc3cccc(F)c3)C[C@H]2NC(=O)CCC(N)=O)CC1. The zero-order chi connectivity index (χ0) is 23.5. The largest absolute Gasteiger partial charge is 0.487 e. The van der Waals surface area contributed by atoms with Crippen LogP contribution in [0.1, 0.15) is 52.9 Å². The van der Waals surface area contributed by atoms with Crippen LogP contribution < -0.4 is 15.8 Å². The number of carbonyl (C=O) groups is 2. The summed E-state index contributed by atoms with van der Waals surface area (Å²) in [5, 5.41) is 14.2. The van der Waals surface area contributed by atoms with Gasteiger partial charge >= 0.3 is 0 Å². The lowest BCUT2D eigenvalue weighted by molar-refractivity contribution is -0.125. The summed E-state index contributed by atoms with van der Waals surface area (Å²) < 4.78 is 19.5. The van der Waals surface area contributed by atoms with Crippen LogP contribution in [0.4, 0.5) is 4.39 Å². The summed E-state index contributed by atoms with van der Waals surface area (Å²) in [4.78, 5) is 25.7. The smallest absolute Gasteiger partial charge is 0.220 e. The van der Waals surface area contributed by atoms with Crippen LogP contribution in [0, 0.1) is 17.2 Å². The molecule has 0 unspecified atom stereocenters. The number of carbonyl (C=O) groups excluding carboxylic acids is 2. The van der Waals surface area contributed by atoms with E-state index in [1.165, 1.54) is 12.1 Å². The maximum Gasteiger partial charge on any atom is 0.220 e. The highest BCUT2D eigenvalue weighted by Gasteiger charge is 2.48. The van der Waals surface area contributed by atoms with Crippen molar-refractivity contribution in [3.63, 3.8) is 0 Å². The summed E-state index contributed by atoms with van der Waals surface area (Å²) in [6.45, 7) is 8.40. The molecule has 0 bridgehead atoms. The van der Waals surface area contributed by atoms with Crippen molar-refractivity contribution in [1.29, 1.82) is 0 Å². The van der Waals surface area contributed by atoms with Gasteiger partial charge in [-0.1, -0.05) is 26.8 Å². The summed E-state index contributed by atoms with van der Waals surface area (Å²) in [7, 11) is 0. The van der Waals surface area contributed by atoms with Crippen molar-refractivity contribution in [3.8, 4) is 5.75 Å². The van der Waals surface area contributed by atoms with E-state index >= 15 is 0 Å². The van der Waals surface area contributed by atoms with Crippen LogP contribution in [-0.2, 0) is 9.59 Å². The van der Waals surface area contributed by atoms with E-state index < -0.39 is 23.9 Å². The van der Waals surface area contributed by atoms with Crippen molar-refractivity contribution < 1.29 is 23.8 Å². The fourth-order valence-corrected chi connectivity index (χ4v) is 5.01. The minimum Gasteiger partial charge on any atom is -0.487 e. The third kappa shape index (κ3) is 6.19. The monoisotopic (exact) mass is 449 g/mol. The third-order valence-corrected chi connectivity index (χ3v) is 6.83. The highest BCUT2D eigenvalue weighted by atomic mass is 19.1. The molecule has 0 aromatic heterocycles. The normalized spacial score (nSPS) is 27.3. The van der Waals surface area contributed by atoms with Gasteiger partial charge in [0.15, 0.2) is 0 Å². The maximum absolute atomic E-state index is 13.6. The molecule has 3 rings (SSSR count). The van der Waals surface area contributed by atoms with E-state index in [9.17, 15) is 19.1 Å². The molecule has 1 aromatic rings. The number of halogens is 1. The van der Waals surface area contributed by atoms with E-state index in [0.29, 0.717) is 18.1 Å². The number of ether oxygens (including phenoxy) is 1. The number of nitrogens with zero attached hydrogens (tertiary/aromatic N) is 1. The van der Waals surface area contributed by atoms with Gasteiger partial charge in [-0.15, -0.1) is 0 Å². The van der Waals surface area contributed by atoms with Gasteiger partial charge in [0, 0.05) is 25.3 Å². The first-order chi connectivity index (χ1) is 15.0. The number of rotatable bonds is 7. The Kier molecular flexibility index (Phi) is 7.77. The van der Waals surface area contributed by atoms with Crippen molar-refractivity contribution in [3.05, 3.63) is 30.1 Å². The molecule has 1 aliphatic carbocycles. The second kappa shape index (κ2) is 10.2. The zero-order valence-corrected chi connectivity index (χ0v) is 19.2. The molecule has 0 spiro atoms. The Morgan fingerprint density at radius 1 is 1.25 bits per heavy atom. The molecule has 2 fully saturated rings. The number of nitrogens with two attached hydrogens (primary N) is 1. The predicted octanol–water partition coefficient (Wildman–Crippen LogP) is 2.21. The molecule has 1 saturated heterocycles. The van der Waals surface area contributed by atoms with Crippen molar-refractivity contribution in [2.75, 3.05) is 13.1 Å². The van der Waals surface area contributed by atoms with Crippen molar-refractivity contribution in [2.45, 2.75) is 77.2 Å². The lowest BCUT2D eigenvalue weighted by Gasteiger charge is -2.43. The summed E-state index contributed by atoms with van der Waals surface area (Å²) in [5.41, 5.74) is 5.39. The second-order valence-corrected chi connectivity index (χ2v) is 10.1. The molecule has 0 radical (unpaired) electrons. The van der Waals surface area contributed by atoms with Crippen LogP contribution in [0.5, 0.6) is 5.75 Å². The first-order valence-corrected chi connectivity index (χ1v) is 11.5. The van der Waals surface area contributed by atoms with Gasteiger partial charge in [0.1, 0.15) is 23.8 Å². The van der Waals surface area contributed by atoms with Gasteiger partial charge in [-0.25, -0.2) is 4.39 Å². The molecule has 178 valence electrons. The summed E-state index contributed by atoms with van der Waals surface area (Å²) in [6.07, 6.45) is 0.996. The van der Waals surface area contributed by atoms with Crippen LogP contribution >= 0.6 is 0 Å². The third-order valence-electron chi connectivity index (χ3n) is 6.83. The Hall–Kier alpha value is -2.19. The first kappa shape index (κ1) is 24.5. The molecule has 1 heterocycles. The zero-order valence-electron chi connectivity index (χ0n) is 19.2. The lowest BCUT2D eigenvalue weighted by Crippen LogP contribution is -2.56. The van der Waals surface area contributed by atoms with E-state index in [4.69, 9.17) is 10.5 Å². The average molecular weight is 450 g/mol. The summed E-state index contributed by atoms with van der Waals surface area (Å²) in [5.74, 6) is -0.269. The van der Waals surface area contributed by atoms with Crippen molar-refractivity contribution >= 4 is 11.8 Å². The topological polar surface area (TPSA) is 105 Å². The van der Waals surface area contributed by atoms with E-state index in [0.717, 1.165) is 25.9 Å². The maximum atomic E-state index is 13.6. The molecular formula is C24H36FN3O4. The van der Waals surface area contributed by atoms with Crippen LogP contribution in [0.2, 0.25) is 0 Å². The van der Waals surface area contributed by atoms with Crippen LogP contribution in [-0.4, -0.2) is 59.2 Å². The highest BCUT2D eigenvalue weighted by molar-refractivity contribution is 5.83. The van der Waals surface area contributed by atoms with Gasteiger partial charge in [-0.3, -0.25) is 14.5 Å². The molecule has 4 atom stereocenters. The van der Waals surface area contributed by atoms with Crippen molar-refractivity contribution in [1.82, 2.24) is 10.2 Å². The molecule has 1 saturated carbocycles. The number of hydrogen-bond acceptors (Lipinski definition) is 5. The second-order valence-electron chi connectivity index (χ2n) is 10.1. The fraction of sp³-hybridized carbons (Fsp3) is 0.667. The van der Waals surface area contributed by atoms with Crippen LogP contribution in [0.25, 0.3) is 0 Å². The summed E-state index contributed by atoms with van der Waals surface area (Å²) in [6, 6.07) is 5.18. The fourth-order valence-electron chi connectivity index (χ4n) is 5.01. The Balaban J connectivity index is 1.72. The van der Waals surface area contributed by atoms with E-state index in [1.54, 1.807) is 12.1 Å². The van der Waals surface area contributed by atoms with E-state index in [1.807, 2.05) is 0 Å². The Bertz CT molecular complexity index is 805. The standard InChI is InChI=1S/C24H36FN3O4/c1-24(2,3)15-9-11-28(12-10-15)22-18(27-21(30)8-7-20(26)29)14-19(23(22)31)32-17-6-4-5-16(25)13-17/h4-6,13,15,18-19,22-23,31H,7-12,14H2,1-3H3,(H2,26,29)(H,27,30)/t18-,19-,22+,23+/m1/s1. The van der Waals surface area contributed by atoms with Gasteiger partial charge in [0.05, 0.1) is 12.1 Å². The number of amides is 2. The lowest BCUT2D eigenvalue weighted by atomic mass is 9.75. The van der Waals surface area contributed by atoms with Gasteiger partial charge in [-0.05, 0) is 49.4 Å². The Labute approximate surface area is 189 Å². The molecular weight excluding hydrogens is 413 g/mol. The molecule has 2 aliphatic rings. The van der Waals surface area contributed by atoms with Crippen molar-refractivity contribution in [2.24, 2.45) is 17.1 Å². The molecule has 8 heteroatoms. The van der Waals surface area contributed by atoms with Gasteiger partial charge in [0.25, 0.3) is 0 Å². The minimum absolute atomic E-state index is 0.0101. The highest BCUT2D eigenvalue weighted by Crippen LogP contribution is 2.37. The number of piperidine rings is 1. The number of aliphatic hydroxyl groups is 1. The summed E-state index contributed by atoms with van der Waals surface area (Å²) >= 11 is 0. The molecule has 4 N–H and O–H groups in total. The van der Waals surface area contributed by atoms with Gasteiger partial charge in [0.2, 0.25) is 11.8 Å². The Morgan fingerprint density at radius 2 is 1.94 bits per heavy atom. The van der Waals surface area contributed by atoms with Crippen LogP contribution in [0.15, 0.2) is 24.3 Å². The van der Waals surface area contributed by atoms with E-state index in [2.05, 4.69) is 31.0 Å². The van der Waals surface area contributed by atoms with Gasteiger partial charge in [-0.2, -0.15) is 0 Å². The molecule has 7 nitrogen and oxygen atoms in total. The number of benzene rings is 1. The predicted molar refractivity (Wildman–Crippen MR) is 119 cm³/mol. The molecule has 1 aliphatic heterocycles. The first-order valence-electron chi connectivity index (χ1n) is 11.5. The average Bonchev–Trinajstić information content (AvgIpc) is 3.00. The van der Waals surface area contributed by atoms with E-state index in [-0.39, 0.29) is 36.2 Å². The number of primary amides is 1. The minimum atomic E-state index is -0.842. The number of aliphatic hydroxyl groups excluding tert-OH is 1. The molecule has 2 amide bonds.